The van der Waals surface area contributed by atoms with Gasteiger partial charge in [-0.15, -0.1) is 0 Å². The zero-order valence-electron chi connectivity index (χ0n) is 11.5. The van der Waals surface area contributed by atoms with Gasteiger partial charge >= 0.3 is 11.9 Å². The molecule has 0 aromatic heterocycles. The number of rotatable bonds is 4. The fourth-order valence-corrected chi connectivity index (χ4v) is 1.99. The molecule has 0 atom stereocenters. The lowest BCUT2D eigenvalue weighted by atomic mass is 10.0. The molecule has 0 radical (unpaired) electrons. The Morgan fingerprint density at radius 2 is 1.14 bits per heavy atom. The van der Waals surface area contributed by atoms with Gasteiger partial charge in [-0.05, 0) is 35.4 Å². The van der Waals surface area contributed by atoms with Crippen LogP contribution < -0.4 is 11.5 Å². The van der Waals surface area contributed by atoms with Crippen molar-refractivity contribution in [3.8, 4) is 0 Å². The van der Waals surface area contributed by atoms with Crippen LogP contribution in [-0.2, 0) is 0 Å². The van der Waals surface area contributed by atoms with Crippen molar-refractivity contribution in [2.45, 2.75) is 0 Å². The third-order valence-corrected chi connectivity index (χ3v) is 3.06. The van der Waals surface area contributed by atoms with Crippen molar-refractivity contribution in [3.63, 3.8) is 0 Å². The topological polar surface area (TPSA) is 127 Å². The Kier molecular flexibility index (Phi) is 4.13. The normalized spacial score (nSPS) is 10.7. The second kappa shape index (κ2) is 6.01. The van der Waals surface area contributed by atoms with Gasteiger partial charge in [-0.3, -0.25) is 0 Å². The van der Waals surface area contributed by atoms with Crippen LogP contribution in [0.4, 0.5) is 11.4 Å². The molecule has 0 spiro atoms. The molecule has 6 heteroatoms. The summed E-state index contributed by atoms with van der Waals surface area (Å²) in [6.07, 6.45) is 3.06. The molecule has 6 nitrogen and oxygen atoms in total. The summed E-state index contributed by atoms with van der Waals surface area (Å²) in [5.41, 5.74) is 12.8. The maximum atomic E-state index is 11.2. The van der Waals surface area contributed by atoms with E-state index in [2.05, 4.69) is 0 Å². The van der Waals surface area contributed by atoms with E-state index in [9.17, 15) is 9.59 Å². The molecule has 0 fully saturated rings. The minimum absolute atomic E-state index is 0.0450. The van der Waals surface area contributed by atoms with Gasteiger partial charge in [0.15, 0.2) is 0 Å². The molecule has 2 rings (SSSR count). The highest BCUT2D eigenvalue weighted by atomic mass is 16.4. The van der Waals surface area contributed by atoms with Crippen molar-refractivity contribution in [1.82, 2.24) is 0 Å². The highest BCUT2D eigenvalue weighted by Crippen LogP contribution is 2.20. The molecule has 0 bridgehead atoms. The lowest BCUT2D eigenvalue weighted by molar-refractivity contribution is 0.0685. The van der Waals surface area contributed by atoms with Crippen molar-refractivity contribution in [2.75, 3.05) is 11.5 Å². The average molecular weight is 298 g/mol. The fraction of sp³-hybridized carbons (Fsp3) is 0. The largest absolute Gasteiger partial charge is 0.478 e. The number of nitrogen functional groups attached to an aromatic ring is 2. The molecule has 22 heavy (non-hydrogen) atoms. The van der Waals surface area contributed by atoms with Crippen LogP contribution in [0.25, 0.3) is 12.2 Å². The van der Waals surface area contributed by atoms with Gasteiger partial charge in [0, 0.05) is 11.4 Å². The third kappa shape index (κ3) is 3.24. The Bertz CT molecular complexity index is 716. The first kappa shape index (κ1) is 15.1. The Morgan fingerprint density at radius 1 is 0.773 bits per heavy atom. The van der Waals surface area contributed by atoms with Gasteiger partial charge in [0.05, 0.1) is 11.1 Å². The zero-order valence-corrected chi connectivity index (χ0v) is 11.5. The van der Waals surface area contributed by atoms with Crippen LogP contribution in [0, 0.1) is 0 Å². The maximum absolute atomic E-state index is 11.2. The first-order valence-corrected chi connectivity index (χ1v) is 6.32. The van der Waals surface area contributed by atoms with E-state index < -0.39 is 11.9 Å². The van der Waals surface area contributed by atoms with E-state index in [0.717, 1.165) is 0 Å². The minimum Gasteiger partial charge on any atom is -0.478 e. The van der Waals surface area contributed by atoms with E-state index in [1.165, 1.54) is 24.3 Å². The second-order valence-electron chi connectivity index (χ2n) is 4.64. The second-order valence-corrected chi connectivity index (χ2v) is 4.64. The monoisotopic (exact) mass is 298 g/mol. The van der Waals surface area contributed by atoms with Crippen molar-refractivity contribution in [2.24, 2.45) is 0 Å². The van der Waals surface area contributed by atoms with Crippen LogP contribution in [0.15, 0.2) is 36.4 Å². The highest BCUT2D eigenvalue weighted by Gasteiger charge is 2.10. The van der Waals surface area contributed by atoms with Crippen LogP contribution >= 0.6 is 0 Å². The summed E-state index contributed by atoms with van der Waals surface area (Å²) < 4.78 is 0. The van der Waals surface area contributed by atoms with Crippen LogP contribution in [0.1, 0.15) is 31.8 Å². The van der Waals surface area contributed by atoms with Crippen molar-refractivity contribution < 1.29 is 19.8 Å². The number of nitrogens with two attached hydrogens (primary N) is 2. The lowest BCUT2D eigenvalue weighted by Crippen LogP contribution is -2.02. The van der Waals surface area contributed by atoms with E-state index in [1.807, 2.05) is 0 Å². The minimum atomic E-state index is -1.11. The van der Waals surface area contributed by atoms with Crippen molar-refractivity contribution >= 4 is 35.5 Å². The van der Waals surface area contributed by atoms with E-state index in [0.29, 0.717) is 22.5 Å². The molecule has 2 aromatic carbocycles. The summed E-state index contributed by atoms with van der Waals surface area (Å²) in [4.78, 5) is 22.4. The van der Waals surface area contributed by atoms with Gasteiger partial charge in [-0.25, -0.2) is 9.59 Å². The molecule has 0 saturated carbocycles. The predicted molar refractivity (Wildman–Crippen MR) is 84.6 cm³/mol. The molecular formula is C16H14N2O4. The van der Waals surface area contributed by atoms with Crippen LogP contribution in [0.2, 0.25) is 0 Å². The Hall–Kier alpha value is -3.28. The number of benzene rings is 2. The SMILES string of the molecule is Nc1ccc(C=Cc2ccc(N)cc2C(=O)O)c(C(=O)O)c1. The molecule has 6 N–H and O–H groups in total. The lowest BCUT2D eigenvalue weighted by Gasteiger charge is -2.05. The van der Waals surface area contributed by atoms with E-state index in [4.69, 9.17) is 21.7 Å². The van der Waals surface area contributed by atoms with Crippen LogP contribution in [0.5, 0.6) is 0 Å². The highest BCUT2D eigenvalue weighted by molar-refractivity contribution is 5.97. The molecule has 0 heterocycles. The van der Waals surface area contributed by atoms with Crippen molar-refractivity contribution in [3.05, 3.63) is 58.7 Å². The molecule has 2 aromatic rings. The number of carbonyl (C=O) groups is 2. The quantitative estimate of drug-likeness (QED) is 0.507. The predicted octanol–water partition coefficient (Wildman–Crippen LogP) is 2.42. The molecule has 0 aliphatic rings. The first-order valence-electron chi connectivity index (χ1n) is 6.32. The standard InChI is InChI=1S/C16H14N2O4/c17-11-5-3-9(13(7-11)15(19)20)1-2-10-4-6-12(18)8-14(10)16(21)22/h1-8H,17-18H2,(H,19,20)(H,21,22). The van der Waals surface area contributed by atoms with Gasteiger partial charge in [0.2, 0.25) is 0 Å². The van der Waals surface area contributed by atoms with Gasteiger partial charge in [0.25, 0.3) is 0 Å². The van der Waals surface area contributed by atoms with Crippen molar-refractivity contribution in [1.29, 1.82) is 0 Å². The maximum Gasteiger partial charge on any atom is 0.336 e. The summed E-state index contributed by atoms with van der Waals surface area (Å²) >= 11 is 0. The zero-order chi connectivity index (χ0) is 16.3. The van der Waals surface area contributed by atoms with E-state index in [1.54, 1.807) is 24.3 Å². The summed E-state index contributed by atoms with van der Waals surface area (Å²) in [5, 5.41) is 18.3. The molecule has 0 unspecified atom stereocenters. The Balaban J connectivity index is 2.46. The molecule has 0 saturated heterocycles. The Morgan fingerprint density at radius 3 is 1.45 bits per heavy atom. The summed E-state index contributed by atoms with van der Waals surface area (Å²) in [5.74, 6) is -2.22. The number of hydrogen-bond donors (Lipinski definition) is 4. The smallest absolute Gasteiger partial charge is 0.336 e. The number of carboxylic acid groups (broad SMARTS) is 2. The average Bonchev–Trinajstić information content (AvgIpc) is 2.46. The summed E-state index contributed by atoms with van der Waals surface area (Å²) in [6, 6.07) is 8.98. The van der Waals surface area contributed by atoms with Gasteiger partial charge < -0.3 is 21.7 Å². The Labute approximate surface area is 126 Å². The summed E-state index contributed by atoms with van der Waals surface area (Å²) in [6.45, 7) is 0. The molecule has 0 aliphatic heterocycles. The van der Waals surface area contributed by atoms with Crippen LogP contribution in [-0.4, -0.2) is 22.2 Å². The number of aromatic carboxylic acids is 2. The number of anilines is 2. The summed E-state index contributed by atoms with van der Waals surface area (Å²) in [7, 11) is 0. The molecular weight excluding hydrogens is 284 g/mol. The molecule has 112 valence electrons. The number of carboxylic acids is 2. The first-order chi connectivity index (χ1) is 10.4. The van der Waals surface area contributed by atoms with Gasteiger partial charge in [0.1, 0.15) is 0 Å². The van der Waals surface area contributed by atoms with Gasteiger partial charge in [-0.2, -0.15) is 0 Å². The molecule has 0 amide bonds. The van der Waals surface area contributed by atoms with E-state index >= 15 is 0 Å². The van der Waals surface area contributed by atoms with Gasteiger partial charge in [-0.1, -0.05) is 24.3 Å². The van der Waals surface area contributed by atoms with Crippen LogP contribution in [0.3, 0.4) is 0 Å². The fourth-order valence-electron chi connectivity index (χ4n) is 1.99. The van der Waals surface area contributed by atoms with E-state index in [-0.39, 0.29) is 11.1 Å². The number of hydrogen-bond acceptors (Lipinski definition) is 4. The molecule has 0 aliphatic carbocycles. The third-order valence-electron chi connectivity index (χ3n) is 3.06.